The molecule has 0 aromatic heterocycles. The van der Waals surface area contributed by atoms with E-state index in [4.69, 9.17) is 9.47 Å². The third kappa shape index (κ3) is 8.14. The molecule has 218 valence electrons. The molecule has 0 atom stereocenters. The quantitative estimate of drug-likeness (QED) is 0.283. The molecule has 1 heterocycles. The third-order valence-electron chi connectivity index (χ3n) is 6.97. The van der Waals surface area contributed by atoms with E-state index in [1.165, 1.54) is 4.31 Å². The first-order chi connectivity index (χ1) is 19.5. The van der Waals surface area contributed by atoms with E-state index in [-0.39, 0.29) is 24.5 Å². The Balaban J connectivity index is 1.47. The average Bonchev–Trinajstić information content (AvgIpc) is 2.94. The molecule has 0 bridgehead atoms. The van der Waals surface area contributed by atoms with Gasteiger partial charge in [-0.2, -0.15) is 5.26 Å². The number of sulfonamides is 1. The number of carbonyl (C=O) groups excluding carboxylic acids is 1. The second-order valence-corrected chi connectivity index (χ2v) is 13.5. The second kappa shape index (κ2) is 12.8. The second-order valence-electron chi connectivity index (χ2n) is 11.5. The van der Waals surface area contributed by atoms with E-state index in [0.717, 1.165) is 22.8 Å². The van der Waals surface area contributed by atoms with Gasteiger partial charge in [0.1, 0.15) is 17.5 Å². The zero-order valence-corrected chi connectivity index (χ0v) is 25.1. The van der Waals surface area contributed by atoms with Crippen molar-refractivity contribution in [3.8, 4) is 11.8 Å². The number of likely N-dealkylation sites (tertiary alicyclic amines) is 1. The summed E-state index contributed by atoms with van der Waals surface area (Å²) in [5.74, 6) is 0.717. The summed E-state index contributed by atoms with van der Waals surface area (Å²) in [7, 11) is -3.58. The van der Waals surface area contributed by atoms with Gasteiger partial charge in [0.25, 0.3) is 0 Å². The Bertz CT molecular complexity index is 1500. The predicted molar refractivity (Wildman–Crippen MR) is 161 cm³/mol. The van der Waals surface area contributed by atoms with Crippen LogP contribution in [0, 0.1) is 11.3 Å². The summed E-state index contributed by atoms with van der Waals surface area (Å²) < 4.78 is 40.0. The number of anilines is 1. The highest BCUT2D eigenvalue weighted by Crippen LogP contribution is 2.28. The Morgan fingerprint density at radius 1 is 1.02 bits per heavy atom. The molecule has 3 aromatic carbocycles. The molecule has 4 rings (SSSR count). The van der Waals surface area contributed by atoms with Crippen molar-refractivity contribution in [2.75, 3.05) is 23.1 Å². The smallest absolute Gasteiger partial charge is 0.410 e. The molecular weight excluding hydrogens is 538 g/mol. The summed E-state index contributed by atoms with van der Waals surface area (Å²) >= 11 is 0. The first kappa shape index (κ1) is 30.2. The van der Waals surface area contributed by atoms with E-state index in [2.05, 4.69) is 6.07 Å². The van der Waals surface area contributed by atoms with Gasteiger partial charge in [0.2, 0.25) is 10.0 Å². The average molecular weight is 578 g/mol. The Hall–Kier alpha value is -3.77. The lowest BCUT2D eigenvalue weighted by atomic mass is 10.0. The summed E-state index contributed by atoms with van der Waals surface area (Å²) in [5.41, 5.74) is 1.44. The van der Waals surface area contributed by atoms with Gasteiger partial charge >= 0.3 is 6.09 Å². The fourth-order valence-electron chi connectivity index (χ4n) is 4.78. The van der Waals surface area contributed by atoms with Gasteiger partial charge in [-0.15, -0.1) is 0 Å². The number of nitrogens with zero attached hydrogens (tertiary/aromatic N) is 3. The maximum Gasteiger partial charge on any atom is 0.410 e. The molecule has 1 fully saturated rings. The van der Waals surface area contributed by atoms with Crippen LogP contribution < -0.4 is 9.04 Å². The number of ether oxygens (including phenoxy) is 2. The van der Waals surface area contributed by atoms with E-state index in [9.17, 15) is 18.5 Å². The number of hydrogen-bond donors (Lipinski definition) is 0. The van der Waals surface area contributed by atoms with E-state index in [1.807, 2.05) is 58.0 Å². The lowest BCUT2D eigenvalue weighted by Gasteiger charge is -2.33. The Kier molecular flexibility index (Phi) is 9.44. The molecule has 8 nitrogen and oxygen atoms in total. The maximum atomic E-state index is 13.4. The molecule has 9 heteroatoms. The normalized spacial score (nSPS) is 14.5. The zero-order chi connectivity index (χ0) is 29.6. The molecule has 0 saturated carbocycles. The number of fused-ring (bicyclic) bond motifs is 1. The molecule has 0 radical (unpaired) electrons. The van der Waals surface area contributed by atoms with Crippen molar-refractivity contribution in [1.29, 1.82) is 5.26 Å². The highest BCUT2D eigenvalue weighted by molar-refractivity contribution is 7.92. The lowest BCUT2D eigenvalue weighted by molar-refractivity contribution is 0.0126. The van der Waals surface area contributed by atoms with Crippen molar-refractivity contribution in [3.05, 3.63) is 71.8 Å². The van der Waals surface area contributed by atoms with Gasteiger partial charge in [-0.1, -0.05) is 31.5 Å². The van der Waals surface area contributed by atoms with Gasteiger partial charge in [-0.3, -0.25) is 4.31 Å². The minimum absolute atomic E-state index is 0.0418. The number of unbranched alkanes of at least 4 members (excludes halogenated alkanes) is 1. The van der Waals surface area contributed by atoms with Crippen LogP contribution in [0.5, 0.6) is 5.75 Å². The van der Waals surface area contributed by atoms with Gasteiger partial charge < -0.3 is 14.4 Å². The highest BCUT2D eigenvalue weighted by atomic mass is 32.2. The van der Waals surface area contributed by atoms with Gasteiger partial charge in [0.05, 0.1) is 29.6 Å². The number of benzene rings is 3. The number of nitriles is 1. The number of piperidine rings is 1. The fraction of sp³-hybridized carbons (Fsp3) is 0.438. The minimum atomic E-state index is -3.58. The van der Waals surface area contributed by atoms with Crippen LogP contribution in [0.4, 0.5) is 10.5 Å². The van der Waals surface area contributed by atoms with Crippen LogP contribution in [0.15, 0.2) is 60.7 Å². The number of hydrogen-bond acceptors (Lipinski definition) is 6. The first-order valence-corrected chi connectivity index (χ1v) is 15.8. The third-order valence-corrected chi connectivity index (χ3v) is 8.79. The first-order valence-electron chi connectivity index (χ1n) is 14.2. The molecule has 1 saturated heterocycles. The van der Waals surface area contributed by atoms with Crippen molar-refractivity contribution < 1.29 is 22.7 Å². The Morgan fingerprint density at radius 2 is 1.71 bits per heavy atom. The van der Waals surface area contributed by atoms with Crippen molar-refractivity contribution >= 4 is 32.6 Å². The van der Waals surface area contributed by atoms with E-state index in [0.29, 0.717) is 49.4 Å². The van der Waals surface area contributed by atoms with Crippen LogP contribution in [0.1, 0.15) is 64.5 Å². The van der Waals surface area contributed by atoms with Crippen LogP contribution in [0.2, 0.25) is 0 Å². The summed E-state index contributed by atoms with van der Waals surface area (Å²) in [5, 5.41) is 11.2. The van der Waals surface area contributed by atoms with E-state index < -0.39 is 15.6 Å². The molecular formula is C32H39N3O5S. The Labute approximate surface area is 243 Å². The van der Waals surface area contributed by atoms with Crippen LogP contribution in [-0.2, 0) is 21.3 Å². The molecule has 1 aliphatic heterocycles. The van der Waals surface area contributed by atoms with Crippen LogP contribution in [0.3, 0.4) is 0 Å². The monoisotopic (exact) mass is 577 g/mol. The molecule has 0 N–H and O–H groups in total. The minimum Gasteiger partial charge on any atom is -0.490 e. The van der Waals surface area contributed by atoms with Crippen LogP contribution >= 0.6 is 0 Å². The summed E-state index contributed by atoms with van der Waals surface area (Å²) in [4.78, 5) is 14.1. The molecule has 3 aromatic rings. The molecule has 0 spiro atoms. The largest absolute Gasteiger partial charge is 0.490 e. The summed E-state index contributed by atoms with van der Waals surface area (Å²) in [6, 6.07) is 20.6. The van der Waals surface area contributed by atoms with Crippen molar-refractivity contribution in [2.45, 2.75) is 71.6 Å². The molecule has 1 aliphatic rings. The van der Waals surface area contributed by atoms with Crippen molar-refractivity contribution in [1.82, 2.24) is 4.90 Å². The van der Waals surface area contributed by atoms with Crippen LogP contribution in [0.25, 0.3) is 10.8 Å². The summed E-state index contributed by atoms with van der Waals surface area (Å²) in [6.07, 6.45) is 2.38. The molecule has 1 amide bonds. The maximum absolute atomic E-state index is 13.4. The lowest BCUT2D eigenvalue weighted by Crippen LogP contribution is -2.44. The molecule has 0 unspecified atom stereocenters. The van der Waals surface area contributed by atoms with Crippen molar-refractivity contribution in [3.63, 3.8) is 0 Å². The number of amides is 1. The summed E-state index contributed by atoms with van der Waals surface area (Å²) in [6.45, 7) is 8.84. The Morgan fingerprint density at radius 3 is 2.34 bits per heavy atom. The number of carbonyl (C=O) groups is 1. The standard InChI is InChI=1S/C32H39N3O5S/c1-5-6-19-41(37,38)35(23-25-8-10-26-9-7-24(22-33)20-27(26)21-25)28-11-13-29(14-12-28)39-30-15-17-34(18-16-30)31(36)40-32(2,3)4/h7-14,20-21,30H,5-6,15-19,23H2,1-4H3. The van der Waals surface area contributed by atoms with E-state index >= 15 is 0 Å². The predicted octanol–water partition coefficient (Wildman–Crippen LogP) is 6.63. The van der Waals surface area contributed by atoms with Crippen molar-refractivity contribution in [2.24, 2.45) is 0 Å². The fourth-order valence-corrected chi connectivity index (χ4v) is 6.45. The van der Waals surface area contributed by atoms with Gasteiger partial charge in [-0.25, -0.2) is 13.2 Å². The molecule has 41 heavy (non-hydrogen) atoms. The number of rotatable bonds is 9. The topological polar surface area (TPSA) is 99.9 Å². The van der Waals surface area contributed by atoms with Gasteiger partial charge in [0.15, 0.2) is 0 Å². The SMILES string of the molecule is CCCCS(=O)(=O)N(Cc1ccc2ccc(C#N)cc2c1)c1ccc(OC2CCN(C(=O)OC(C)(C)C)CC2)cc1. The van der Waals surface area contributed by atoms with Crippen LogP contribution in [-0.4, -0.2) is 50.0 Å². The molecule has 0 aliphatic carbocycles. The van der Waals surface area contributed by atoms with Gasteiger partial charge in [-0.05, 0) is 86.0 Å². The highest BCUT2D eigenvalue weighted by Gasteiger charge is 2.28. The van der Waals surface area contributed by atoms with E-state index in [1.54, 1.807) is 35.2 Å². The zero-order valence-electron chi connectivity index (χ0n) is 24.3. The van der Waals surface area contributed by atoms with Gasteiger partial charge in [0, 0.05) is 25.9 Å².